The standard InChI is InChI=1S/C19H22O/c1-12-3-5-14-13(11-12)4-6-16-15(14)9-10-19(2)17(16)7-8-18(19)20/h3,5-6,11,15,17H,4,7-10H2,1-2H3/t15-,17+,19+/m1/s1. The van der Waals surface area contributed by atoms with Gasteiger partial charge in [-0.3, -0.25) is 4.79 Å². The predicted molar refractivity (Wildman–Crippen MR) is 80.8 cm³/mol. The van der Waals surface area contributed by atoms with Crippen LogP contribution in [0.5, 0.6) is 0 Å². The van der Waals surface area contributed by atoms with Gasteiger partial charge in [-0.15, -0.1) is 0 Å². The first-order valence-electron chi connectivity index (χ1n) is 7.92. The molecule has 0 bridgehead atoms. The lowest BCUT2D eigenvalue weighted by Crippen LogP contribution is -2.37. The van der Waals surface area contributed by atoms with E-state index >= 15 is 0 Å². The first-order valence-corrected chi connectivity index (χ1v) is 7.92. The van der Waals surface area contributed by atoms with E-state index in [0.29, 0.717) is 17.6 Å². The number of rotatable bonds is 0. The molecule has 0 unspecified atom stereocenters. The molecule has 2 fully saturated rings. The summed E-state index contributed by atoms with van der Waals surface area (Å²) in [5.74, 6) is 1.61. The van der Waals surface area contributed by atoms with Crippen molar-refractivity contribution in [3.63, 3.8) is 0 Å². The van der Waals surface area contributed by atoms with Crippen LogP contribution < -0.4 is 0 Å². The highest BCUT2D eigenvalue weighted by molar-refractivity contribution is 5.88. The Labute approximate surface area is 121 Å². The molecule has 0 saturated heterocycles. The summed E-state index contributed by atoms with van der Waals surface area (Å²) < 4.78 is 0. The minimum absolute atomic E-state index is 0.0511. The number of hydrogen-bond donors (Lipinski definition) is 0. The first-order chi connectivity index (χ1) is 9.59. The molecule has 20 heavy (non-hydrogen) atoms. The van der Waals surface area contributed by atoms with Gasteiger partial charge in [0.25, 0.3) is 0 Å². The molecule has 1 heteroatoms. The van der Waals surface area contributed by atoms with Crippen LogP contribution >= 0.6 is 0 Å². The number of ketones is 1. The minimum atomic E-state index is -0.0511. The molecule has 1 aromatic carbocycles. The highest BCUT2D eigenvalue weighted by atomic mass is 16.1. The number of allylic oxidation sites excluding steroid dienone is 2. The second-order valence-electron chi connectivity index (χ2n) is 7.13. The maximum absolute atomic E-state index is 12.3. The van der Waals surface area contributed by atoms with Gasteiger partial charge in [-0.05, 0) is 49.7 Å². The summed E-state index contributed by atoms with van der Waals surface area (Å²) in [5, 5.41) is 0. The third-order valence-electron chi connectivity index (χ3n) is 6.05. The molecule has 1 aromatic rings. The van der Waals surface area contributed by atoms with Crippen LogP contribution in [-0.2, 0) is 11.2 Å². The van der Waals surface area contributed by atoms with E-state index in [0.717, 1.165) is 32.1 Å². The molecule has 3 aliphatic carbocycles. The Hall–Kier alpha value is -1.37. The minimum Gasteiger partial charge on any atom is -0.299 e. The summed E-state index contributed by atoms with van der Waals surface area (Å²) in [7, 11) is 0. The van der Waals surface area contributed by atoms with Gasteiger partial charge < -0.3 is 0 Å². The molecule has 0 aromatic heterocycles. The van der Waals surface area contributed by atoms with Gasteiger partial charge in [0, 0.05) is 17.8 Å². The molecular weight excluding hydrogens is 244 g/mol. The SMILES string of the molecule is Cc1ccc2c(c1)CC=C1[C@@H]2CC[C@]2(C)C(=O)CC[C@@H]12. The molecule has 104 valence electrons. The Morgan fingerprint density at radius 1 is 1.25 bits per heavy atom. The quantitative estimate of drug-likeness (QED) is 0.638. The number of benzene rings is 1. The second-order valence-corrected chi connectivity index (χ2v) is 7.13. The van der Waals surface area contributed by atoms with E-state index in [1.165, 1.54) is 16.7 Å². The topological polar surface area (TPSA) is 17.1 Å². The smallest absolute Gasteiger partial charge is 0.139 e. The van der Waals surface area contributed by atoms with Crippen molar-refractivity contribution in [3.05, 3.63) is 46.5 Å². The van der Waals surface area contributed by atoms with E-state index in [9.17, 15) is 4.79 Å². The first kappa shape index (κ1) is 12.4. The lowest BCUT2D eigenvalue weighted by Gasteiger charge is -2.43. The molecule has 0 heterocycles. The molecule has 2 saturated carbocycles. The molecule has 3 atom stereocenters. The number of Topliss-reactive ketones (excluding diaryl/α,β-unsaturated/α-hetero) is 1. The highest BCUT2D eigenvalue weighted by Crippen LogP contribution is 2.57. The molecule has 1 nitrogen and oxygen atoms in total. The summed E-state index contributed by atoms with van der Waals surface area (Å²) in [6.07, 6.45) is 7.62. The van der Waals surface area contributed by atoms with Crippen molar-refractivity contribution in [3.8, 4) is 0 Å². The third kappa shape index (κ3) is 1.52. The van der Waals surface area contributed by atoms with Crippen molar-refractivity contribution in [1.82, 2.24) is 0 Å². The Kier molecular flexibility index (Phi) is 2.52. The van der Waals surface area contributed by atoms with Crippen LogP contribution in [0.15, 0.2) is 29.8 Å². The van der Waals surface area contributed by atoms with E-state index in [4.69, 9.17) is 0 Å². The average Bonchev–Trinajstić information content (AvgIpc) is 2.74. The number of fused-ring (bicyclic) bond motifs is 5. The van der Waals surface area contributed by atoms with Gasteiger partial charge in [0.15, 0.2) is 0 Å². The zero-order chi connectivity index (χ0) is 13.9. The van der Waals surface area contributed by atoms with Gasteiger partial charge in [0.1, 0.15) is 5.78 Å². The summed E-state index contributed by atoms with van der Waals surface area (Å²) in [6.45, 7) is 4.39. The lowest BCUT2D eigenvalue weighted by atomic mass is 9.60. The fraction of sp³-hybridized carbons (Fsp3) is 0.526. The van der Waals surface area contributed by atoms with Gasteiger partial charge in [0.05, 0.1) is 0 Å². The monoisotopic (exact) mass is 266 g/mol. The van der Waals surface area contributed by atoms with Crippen molar-refractivity contribution >= 4 is 5.78 Å². The van der Waals surface area contributed by atoms with E-state index in [1.54, 1.807) is 5.57 Å². The molecule has 0 amide bonds. The van der Waals surface area contributed by atoms with E-state index in [-0.39, 0.29) is 5.41 Å². The van der Waals surface area contributed by atoms with Crippen molar-refractivity contribution in [1.29, 1.82) is 0 Å². The summed E-state index contributed by atoms with van der Waals surface area (Å²) in [6, 6.07) is 6.92. The van der Waals surface area contributed by atoms with Crippen LogP contribution in [0.2, 0.25) is 0 Å². The Morgan fingerprint density at radius 3 is 2.95 bits per heavy atom. The van der Waals surface area contributed by atoms with Gasteiger partial charge in [-0.1, -0.05) is 42.3 Å². The van der Waals surface area contributed by atoms with Crippen molar-refractivity contribution in [2.45, 2.75) is 51.9 Å². The van der Waals surface area contributed by atoms with Crippen LogP contribution in [0.1, 0.15) is 55.2 Å². The summed E-state index contributed by atoms with van der Waals surface area (Å²) >= 11 is 0. The van der Waals surface area contributed by atoms with Crippen molar-refractivity contribution in [2.75, 3.05) is 0 Å². The molecular formula is C19H22O. The zero-order valence-electron chi connectivity index (χ0n) is 12.4. The van der Waals surface area contributed by atoms with Gasteiger partial charge >= 0.3 is 0 Å². The summed E-state index contributed by atoms with van der Waals surface area (Å²) in [5.41, 5.74) is 5.93. The molecule has 4 rings (SSSR count). The normalized spacial score (nSPS) is 35.1. The fourth-order valence-corrected chi connectivity index (χ4v) is 4.87. The van der Waals surface area contributed by atoms with E-state index in [2.05, 4.69) is 38.1 Å². The fourth-order valence-electron chi connectivity index (χ4n) is 4.87. The molecule has 0 spiro atoms. The molecule has 3 aliphatic rings. The second kappa shape index (κ2) is 4.07. The Bertz CT molecular complexity index is 625. The Balaban J connectivity index is 1.77. The van der Waals surface area contributed by atoms with E-state index < -0.39 is 0 Å². The number of carbonyl (C=O) groups is 1. The van der Waals surface area contributed by atoms with Gasteiger partial charge in [0.2, 0.25) is 0 Å². The average molecular weight is 266 g/mol. The van der Waals surface area contributed by atoms with Crippen LogP contribution in [0.4, 0.5) is 0 Å². The van der Waals surface area contributed by atoms with Crippen LogP contribution in [0, 0.1) is 18.3 Å². The largest absolute Gasteiger partial charge is 0.299 e. The third-order valence-corrected chi connectivity index (χ3v) is 6.05. The highest BCUT2D eigenvalue weighted by Gasteiger charge is 2.51. The van der Waals surface area contributed by atoms with Crippen LogP contribution in [0.25, 0.3) is 0 Å². The number of hydrogen-bond acceptors (Lipinski definition) is 1. The molecule has 0 aliphatic heterocycles. The van der Waals surface area contributed by atoms with E-state index in [1.807, 2.05) is 0 Å². The van der Waals surface area contributed by atoms with Crippen LogP contribution in [0.3, 0.4) is 0 Å². The number of carbonyl (C=O) groups excluding carboxylic acids is 1. The maximum Gasteiger partial charge on any atom is 0.139 e. The van der Waals surface area contributed by atoms with Gasteiger partial charge in [-0.2, -0.15) is 0 Å². The lowest BCUT2D eigenvalue weighted by molar-refractivity contribution is -0.126. The maximum atomic E-state index is 12.3. The Morgan fingerprint density at radius 2 is 2.10 bits per heavy atom. The zero-order valence-corrected chi connectivity index (χ0v) is 12.4. The predicted octanol–water partition coefficient (Wildman–Crippen LogP) is 4.34. The van der Waals surface area contributed by atoms with Gasteiger partial charge in [-0.25, -0.2) is 0 Å². The van der Waals surface area contributed by atoms with Crippen LogP contribution in [-0.4, -0.2) is 5.78 Å². The summed E-state index contributed by atoms with van der Waals surface area (Å²) in [4.78, 5) is 12.3. The molecule has 0 radical (unpaired) electrons. The number of aryl methyl sites for hydroxylation is 1. The van der Waals surface area contributed by atoms with Crippen molar-refractivity contribution < 1.29 is 4.79 Å². The molecule has 0 N–H and O–H groups in total. The van der Waals surface area contributed by atoms with Crippen molar-refractivity contribution in [2.24, 2.45) is 11.3 Å².